The van der Waals surface area contributed by atoms with Gasteiger partial charge in [-0.05, 0) is 43.8 Å². The molecule has 1 heterocycles. The van der Waals surface area contributed by atoms with E-state index in [1.165, 1.54) is 23.2 Å². The Hall–Kier alpha value is -2.82. The summed E-state index contributed by atoms with van der Waals surface area (Å²) in [6.07, 6.45) is 1.45. The molecule has 1 aromatic heterocycles. The third-order valence-corrected chi connectivity index (χ3v) is 6.02. The molecule has 7 nitrogen and oxygen atoms in total. The van der Waals surface area contributed by atoms with Crippen molar-refractivity contribution in [3.63, 3.8) is 0 Å². The first-order chi connectivity index (χ1) is 13.9. The van der Waals surface area contributed by atoms with Gasteiger partial charge in [0.25, 0.3) is 0 Å². The maximum atomic E-state index is 13.3. The molecule has 0 aliphatic heterocycles. The summed E-state index contributed by atoms with van der Waals surface area (Å²) in [5.41, 5.74) is 1.35. The molecule has 10 heteroatoms. The lowest BCUT2D eigenvalue weighted by atomic mass is 10.2. The molecule has 2 aromatic carbocycles. The Morgan fingerprint density at radius 3 is 2.76 bits per heavy atom. The number of nitrogens with one attached hydrogen (secondary N) is 2. The van der Waals surface area contributed by atoms with E-state index in [2.05, 4.69) is 15.0 Å². The fourth-order valence-corrected chi connectivity index (χ4v) is 4.06. The number of anilines is 2. The van der Waals surface area contributed by atoms with Crippen LogP contribution in [-0.2, 0) is 11.0 Å². The van der Waals surface area contributed by atoms with Crippen molar-refractivity contribution in [2.24, 2.45) is 0 Å². The average molecular weight is 435 g/mol. The Balaban J connectivity index is 1.71. The highest BCUT2D eigenvalue weighted by Gasteiger charge is 2.18. The number of thiazole rings is 1. The quantitative estimate of drug-likeness (QED) is 0.606. The van der Waals surface area contributed by atoms with Crippen molar-refractivity contribution in [1.29, 1.82) is 0 Å². The lowest BCUT2D eigenvalue weighted by Crippen LogP contribution is -2.32. The van der Waals surface area contributed by atoms with Gasteiger partial charge in [-0.2, -0.15) is 0 Å². The summed E-state index contributed by atoms with van der Waals surface area (Å²) in [5, 5.41) is 3.44. The summed E-state index contributed by atoms with van der Waals surface area (Å²) < 4.78 is 33.6. The zero-order chi connectivity index (χ0) is 21.0. The van der Waals surface area contributed by atoms with Crippen molar-refractivity contribution >= 4 is 39.2 Å². The van der Waals surface area contributed by atoms with Gasteiger partial charge in [0.05, 0.1) is 11.1 Å². The molecule has 0 saturated carbocycles. The Morgan fingerprint density at radius 1 is 1.28 bits per heavy atom. The maximum absolute atomic E-state index is 13.3. The molecular weight excluding hydrogens is 415 g/mol. The number of carbonyl (C=O) groups is 1. The van der Waals surface area contributed by atoms with Crippen LogP contribution < -0.4 is 19.7 Å². The molecule has 0 radical (unpaired) electrons. The fourth-order valence-electron chi connectivity index (χ4n) is 2.57. The van der Waals surface area contributed by atoms with Crippen LogP contribution in [0.2, 0.25) is 0 Å². The van der Waals surface area contributed by atoms with E-state index in [-0.39, 0.29) is 0 Å². The van der Waals surface area contributed by atoms with E-state index >= 15 is 0 Å². The summed E-state index contributed by atoms with van der Waals surface area (Å²) in [7, 11) is 1.85. The molecular formula is C19H19FN4O3S2. The molecule has 3 aromatic rings. The zero-order valence-electron chi connectivity index (χ0n) is 15.9. The van der Waals surface area contributed by atoms with E-state index in [4.69, 9.17) is 4.74 Å². The van der Waals surface area contributed by atoms with Crippen molar-refractivity contribution in [2.75, 3.05) is 24.3 Å². The number of carbonyl (C=O) groups excluding carboxylic acids is 1. The van der Waals surface area contributed by atoms with Gasteiger partial charge >= 0.3 is 6.03 Å². The Bertz CT molecular complexity index is 1060. The lowest BCUT2D eigenvalue weighted by Gasteiger charge is -2.20. The molecule has 1 unspecified atom stereocenters. The van der Waals surface area contributed by atoms with Gasteiger partial charge in [-0.1, -0.05) is 23.5 Å². The van der Waals surface area contributed by atoms with Crippen molar-refractivity contribution < 1.29 is 18.1 Å². The highest BCUT2D eigenvalue weighted by atomic mass is 32.2. The second-order valence-corrected chi connectivity index (χ2v) is 8.28. The highest BCUT2D eigenvalue weighted by molar-refractivity contribution is 7.83. The first-order valence-corrected chi connectivity index (χ1v) is 10.5. The van der Waals surface area contributed by atoms with E-state index < -0.39 is 22.8 Å². The van der Waals surface area contributed by atoms with Gasteiger partial charge in [0.2, 0.25) is 5.06 Å². The summed E-state index contributed by atoms with van der Waals surface area (Å²) >= 11 is 1.12. The monoisotopic (exact) mass is 434 g/mol. The minimum absolute atomic E-state index is 0.334. The minimum atomic E-state index is -1.36. The van der Waals surface area contributed by atoms with Crippen LogP contribution in [0, 0.1) is 12.7 Å². The molecule has 0 saturated heterocycles. The Labute approximate surface area is 174 Å². The molecule has 0 aliphatic carbocycles. The van der Waals surface area contributed by atoms with E-state index in [9.17, 15) is 13.4 Å². The zero-order valence-corrected chi connectivity index (χ0v) is 17.6. The van der Waals surface area contributed by atoms with Crippen LogP contribution in [0.5, 0.6) is 10.8 Å². The van der Waals surface area contributed by atoms with Crippen LogP contribution in [0.4, 0.5) is 20.0 Å². The second-order valence-electron chi connectivity index (χ2n) is 5.91. The third kappa shape index (κ3) is 4.97. The predicted octanol–water partition coefficient (Wildman–Crippen LogP) is 4.29. The Morgan fingerprint density at radius 2 is 2.03 bits per heavy atom. The van der Waals surface area contributed by atoms with Crippen LogP contribution in [0.15, 0.2) is 53.6 Å². The van der Waals surface area contributed by atoms with Gasteiger partial charge in [0, 0.05) is 18.8 Å². The molecule has 0 spiro atoms. The van der Waals surface area contributed by atoms with Crippen LogP contribution in [0.1, 0.15) is 5.56 Å². The minimum Gasteiger partial charge on any atom is -0.445 e. The van der Waals surface area contributed by atoms with Gasteiger partial charge in [0.1, 0.15) is 22.6 Å². The standard InChI is InChI=1S/C19H19FN4O3S2/c1-12-15(8-5-9-16(12)29(26)21-2)24(3)19(25)23-18-22-11-17(28-18)27-14-7-4-6-13(20)10-14/h4-11,21H,1-3H3,(H,22,23,25). The van der Waals surface area contributed by atoms with E-state index in [0.717, 1.165) is 16.9 Å². The molecule has 0 fully saturated rings. The number of ether oxygens (including phenoxy) is 1. The van der Waals surface area contributed by atoms with Crippen molar-refractivity contribution in [3.05, 3.63) is 60.0 Å². The van der Waals surface area contributed by atoms with E-state index in [1.807, 2.05) is 0 Å². The number of rotatable bonds is 6. The van der Waals surface area contributed by atoms with Crippen molar-refractivity contribution in [3.8, 4) is 10.8 Å². The number of hydrogen-bond acceptors (Lipinski definition) is 5. The number of halogens is 1. The molecule has 152 valence electrons. The highest BCUT2D eigenvalue weighted by Crippen LogP contribution is 2.31. The maximum Gasteiger partial charge on any atom is 0.327 e. The number of nitrogens with zero attached hydrogens (tertiary/aromatic N) is 2. The average Bonchev–Trinajstić information content (AvgIpc) is 3.13. The predicted molar refractivity (Wildman–Crippen MR) is 113 cm³/mol. The molecule has 2 amide bonds. The third-order valence-electron chi connectivity index (χ3n) is 4.02. The topological polar surface area (TPSA) is 83.6 Å². The SMILES string of the molecule is CNS(=O)c1cccc(N(C)C(=O)Nc2ncc(Oc3cccc(F)c3)s2)c1C. The smallest absolute Gasteiger partial charge is 0.327 e. The van der Waals surface area contributed by atoms with Crippen molar-refractivity contribution in [1.82, 2.24) is 9.71 Å². The van der Waals surface area contributed by atoms with Crippen LogP contribution in [0.3, 0.4) is 0 Å². The van der Waals surface area contributed by atoms with Crippen molar-refractivity contribution in [2.45, 2.75) is 11.8 Å². The fraction of sp³-hybridized carbons (Fsp3) is 0.158. The van der Waals surface area contributed by atoms with Crippen LogP contribution in [0.25, 0.3) is 0 Å². The van der Waals surface area contributed by atoms with Gasteiger partial charge in [-0.25, -0.2) is 23.1 Å². The molecule has 2 N–H and O–H groups in total. The Kier molecular flexibility index (Phi) is 6.57. The molecule has 0 aliphatic rings. The largest absolute Gasteiger partial charge is 0.445 e. The number of amides is 2. The second kappa shape index (κ2) is 9.12. The molecule has 3 rings (SSSR count). The van der Waals surface area contributed by atoms with Gasteiger partial charge in [-0.3, -0.25) is 10.2 Å². The first-order valence-electron chi connectivity index (χ1n) is 8.51. The number of benzene rings is 2. The van der Waals surface area contributed by atoms with Crippen LogP contribution in [-0.4, -0.2) is 29.3 Å². The number of hydrogen-bond donors (Lipinski definition) is 2. The van der Waals surface area contributed by atoms with Gasteiger partial charge in [0.15, 0.2) is 5.13 Å². The van der Waals surface area contributed by atoms with E-state index in [0.29, 0.717) is 26.5 Å². The number of urea groups is 1. The van der Waals surface area contributed by atoms with Gasteiger partial charge < -0.3 is 4.74 Å². The summed E-state index contributed by atoms with van der Waals surface area (Å²) in [5.74, 6) is -0.0624. The van der Waals surface area contributed by atoms with E-state index in [1.54, 1.807) is 51.4 Å². The summed E-state index contributed by atoms with van der Waals surface area (Å²) in [4.78, 5) is 18.8. The normalized spacial score (nSPS) is 11.7. The van der Waals surface area contributed by atoms with Gasteiger partial charge in [-0.15, -0.1) is 0 Å². The molecule has 1 atom stereocenters. The molecule has 0 bridgehead atoms. The lowest BCUT2D eigenvalue weighted by molar-refractivity contribution is 0.258. The molecule has 29 heavy (non-hydrogen) atoms. The first kappa shape index (κ1) is 20.9. The summed E-state index contributed by atoms with van der Waals surface area (Å²) in [6.45, 7) is 1.80. The number of aromatic nitrogens is 1. The van der Waals surface area contributed by atoms with Crippen LogP contribution >= 0.6 is 11.3 Å². The summed E-state index contributed by atoms with van der Waals surface area (Å²) in [6, 6.07) is 10.6.